The minimum atomic E-state index is -0.248. The van der Waals surface area contributed by atoms with E-state index in [0.717, 1.165) is 44.2 Å². The molecule has 2 saturated heterocycles. The van der Waals surface area contributed by atoms with Crippen molar-refractivity contribution in [1.82, 2.24) is 9.80 Å². The van der Waals surface area contributed by atoms with Gasteiger partial charge in [0, 0.05) is 29.9 Å². The minimum absolute atomic E-state index is 0.146. The van der Waals surface area contributed by atoms with Crippen molar-refractivity contribution in [3.8, 4) is 0 Å². The molecule has 2 aliphatic heterocycles. The Morgan fingerprint density at radius 3 is 2.52 bits per heavy atom. The molecule has 1 unspecified atom stereocenters. The summed E-state index contributed by atoms with van der Waals surface area (Å²) >= 11 is 1.68. The normalized spacial score (nSPS) is 20.5. The molecule has 2 fully saturated rings. The number of carbonyl (C=O) groups excluding carboxylic acids is 2. The Bertz CT molecular complexity index is 843. The van der Waals surface area contributed by atoms with E-state index in [2.05, 4.69) is 35.2 Å². The minimum Gasteiger partial charge on any atom is -0.453 e. The zero-order chi connectivity index (χ0) is 20.2. The molecule has 1 aromatic heterocycles. The number of hydrogen-bond donors (Lipinski definition) is 0. The number of hydrogen-bond acceptors (Lipinski definition) is 4. The number of rotatable bonds is 3. The summed E-state index contributed by atoms with van der Waals surface area (Å²) in [4.78, 5) is 30.1. The van der Waals surface area contributed by atoms with Gasteiger partial charge < -0.3 is 14.5 Å². The van der Waals surface area contributed by atoms with E-state index in [0.29, 0.717) is 19.0 Å². The monoisotopic (exact) mass is 412 g/mol. The number of nitrogens with zero attached hydrogens (tertiary/aromatic N) is 2. The number of ether oxygens (including phenoxy) is 1. The van der Waals surface area contributed by atoms with Crippen LogP contribution >= 0.6 is 11.3 Å². The predicted octanol–water partition coefficient (Wildman–Crippen LogP) is 5.06. The first-order chi connectivity index (χ1) is 14.2. The van der Waals surface area contributed by atoms with E-state index in [9.17, 15) is 9.59 Å². The lowest BCUT2D eigenvalue weighted by Crippen LogP contribution is -2.38. The first-order valence-corrected chi connectivity index (χ1v) is 11.3. The number of carbonyl (C=O) groups is 2. The summed E-state index contributed by atoms with van der Waals surface area (Å²) in [5.74, 6) is 0.557. The fourth-order valence-electron chi connectivity index (χ4n) is 4.52. The highest BCUT2D eigenvalue weighted by molar-refractivity contribution is 7.10. The molecule has 0 N–H and O–H groups in total. The largest absolute Gasteiger partial charge is 0.453 e. The highest BCUT2D eigenvalue weighted by atomic mass is 32.1. The highest BCUT2D eigenvalue weighted by Gasteiger charge is 2.30. The number of likely N-dealkylation sites (tertiary alicyclic amines) is 2. The molecule has 1 atom stereocenters. The van der Waals surface area contributed by atoms with Crippen LogP contribution in [0.2, 0.25) is 0 Å². The van der Waals surface area contributed by atoms with Gasteiger partial charge in [-0.25, -0.2) is 4.79 Å². The van der Waals surface area contributed by atoms with Gasteiger partial charge in [0.1, 0.15) is 0 Å². The predicted molar refractivity (Wildman–Crippen MR) is 114 cm³/mol. The number of thiophene rings is 1. The van der Waals surface area contributed by atoms with Crippen LogP contribution in [0.1, 0.15) is 64.9 Å². The van der Waals surface area contributed by atoms with Crippen LogP contribution in [0.3, 0.4) is 0 Å². The summed E-state index contributed by atoms with van der Waals surface area (Å²) in [6.07, 6.45) is 4.84. The summed E-state index contributed by atoms with van der Waals surface area (Å²) in [6, 6.07) is 12.6. The van der Waals surface area contributed by atoms with Crippen molar-refractivity contribution in [3.63, 3.8) is 0 Å². The standard InChI is InChI=1S/C23H28N2O3S/c1-28-23(27)24-13-10-18(11-14-24)21-15-19(16-29-21)22(26)25-12-6-5-9-20(25)17-7-3-2-4-8-17/h2-4,7-8,15-16,18,20H,5-6,9-14H2,1H3. The SMILES string of the molecule is COC(=O)N1CCC(c2cc(C(=O)N3CCCCC3c3ccccc3)cs2)CC1. The van der Waals surface area contributed by atoms with Gasteiger partial charge in [0.25, 0.3) is 5.91 Å². The van der Waals surface area contributed by atoms with Crippen molar-refractivity contribution >= 4 is 23.3 Å². The third-order valence-electron chi connectivity index (χ3n) is 6.14. The quantitative estimate of drug-likeness (QED) is 0.708. The van der Waals surface area contributed by atoms with Crippen molar-refractivity contribution in [2.45, 2.75) is 44.1 Å². The zero-order valence-corrected chi connectivity index (χ0v) is 17.7. The van der Waals surface area contributed by atoms with E-state index in [1.165, 1.54) is 17.6 Å². The van der Waals surface area contributed by atoms with Gasteiger partial charge in [0.15, 0.2) is 0 Å². The van der Waals surface area contributed by atoms with Crippen LogP contribution in [0.4, 0.5) is 4.79 Å². The van der Waals surface area contributed by atoms with Crippen molar-refractivity contribution in [2.75, 3.05) is 26.7 Å². The molecule has 2 aliphatic rings. The van der Waals surface area contributed by atoms with Crippen LogP contribution in [0.25, 0.3) is 0 Å². The van der Waals surface area contributed by atoms with E-state index in [1.807, 2.05) is 11.4 Å². The molecule has 1 aromatic carbocycles. The summed E-state index contributed by atoms with van der Waals surface area (Å²) in [7, 11) is 1.43. The van der Waals surface area contributed by atoms with E-state index in [-0.39, 0.29) is 18.0 Å². The van der Waals surface area contributed by atoms with E-state index in [4.69, 9.17) is 4.74 Å². The highest BCUT2D eigenvalue weighted by Crippen LogP contribution is 2.35. The van der Waals surface area contributed by atoms with E-state index >= 15 is 0 Å². The third-order valence-corrected chi connectivity index (χ3v) is 7.24. The molecular weight excluding hydrogens is 384 g/mol. The average molecular weight is 413 g/mol. The second-order valence-electron chi connectivity index (χ2n) is 7.89. The molecular formula is C23H28N2O3S. The van der Waals surface area contributed by atoms with Crippen LogP contribution < -0.4 is 0 Å². The Labute approximate surface area is 176 Å². The van der Waals surface area contributed by atoms with Crippen LogP contribution in [0.15, 0.2) is 41.8 Å². The Morgan fingerprint density at radius 2 is 1.79 bits per heavy atom. The van der Waals surface area contributed by atoms with Gasteiger partial charge in [-0.15, -0.1) is 11.3 Å². The molecule has 2 amide bonds. The number of piperidine rings is 2. The van der Waals surface area contributed by atoms with E-state index < -0.39 is 0 Å². The molecule has 29 heavy (non-hydrogen) atoms. The van der Waals surface area contributed by atoms with Crippen molar-refractivity contribution in [1.29, 1.82) is 0 Å². The third kappa shape index (κ3) is 4.32. The van der Waals surface area contributed by atoms with Crippen LogP contribution in [-0.4, -0.2) is 48.5 Å². The first-order valence-electron chi connectivity index (χ1n) is 10.4. The fourth-order valence-corrected chi connectivity index (χ4v) is 5.57. The Hall–Kier alpha value is -2.34. The number of methoxy groups -OCH3 is 1. The lowest BCUT2D eigenvalue weighted by Gasteiger charge is -2.36. The van der Waals surface area contributed by atoms with Crippen LogP contribution in [0, 0.1) is 0 Å². The number of amides is 2. The summed E-state index contributed by atoms with van der Waals surface area (Å²) in [6.45, 7) is 2.24. The van der Waals surface area contributed by atoms with Crippen LogP contribution in [-0.2, 0) is 4.74 Å². The molecule has 0 spiro atoms. The molecule has 3 heterocycles. The molecule has 5 nitrogen and oxygen atoms in total. The smallest absolute Gasteiger partial charge is 0.409 e. The molecule has 6 heteroatoms. The zero-order valence-electron chi connectivity index (χ0n) is 16.9. The molecule has 0 bridgehead atoms. The summed E-state index contributed by atoms with van der Waals surface area (Å²) in [5.41, 5.74) is 2.04. The van der Waals surface area contributed by atoms with Crippen molar-refractivity contribution in [3.05, 3.63) is 57.8 Å². The second kappa shape index (κ2) is 8.99. The molecule has 2 aromatic rings. The van der Waals surface area contributed by atoms with Gasteiger partial charge in [-0.2, -0.15) is 0 Å². The molecule has 0 saturated carbocycles. The van der Waals surface area contributed by atoms with Gasteiger partial charge in [-0.3, -0.25) is 4.79 Å². The van der Waals surface area contributed by atoms with Crippen molar-refractivity contribution in [2.24, 2.45) is 0 Å². The van der Waals surface area contributed by atoms with Crippen molar-refractivity contribution < 1.29 is 14.3 Å². The lowest BCUT2D eigenvalue weighted by molar-refractivity contribution is 0.0612. The maximum Gasteiger partial charge on any atom is 0.409 e. The molecule has 0 radical (unpaired) electrons. The van der Waals surface area contributed by atoms with Gasteiger partial charge in [-0.05, 0) is 49.7 Å². The maximum absolute atomic E-state index is 13.3. The Balaban J connectivity index is 1.45. The Kier molecular flexibility index (Phi) is 6.19. The molecule has 154 valence electrons. The first kappa shape index (κ1) is 20.0. The van der Waals surface area contributed by atoms with E-state index in [1.54, 1.807) is 16.2 Å². The van der Waals surface area contributed by atoms with Gasteiger partial charge in [0.05, 0.1) is 18.7 Å². The summed E-state index contributed by atoms with van der Waals surface area (Å²) < 4.78 is 4.82. The second-order valence-corrected chi connectivity index (χ2v) is 8.83. The van der Waals surface area contributed by atoms with Gasteiger partial charge >= 0.3 is 6.09 Å². The maximum atomic E-state index is 13.3. The molecule has 4 rings (SSSR count). The van der Waals surface area contributed by atoms with Gasteiger partial charge in [0.2, 0.25) is 0 Å². The van der Waals surface area contributed by atoms with Crippen LogP contribution in [0.5, 0.6) is 0 Å². The fraction of sp³-hybridized carbons (Fsp3) is 0.478. The Morgan fingerprint density at radius 1 is 1.03 bits per heavy atom. The number of benzene rings is 1. The topological polar surface area (TPSA) is 49.9 Å². The molecule has 0 aliphatic carbocycles. The average Bonchev–Trinajstić information content (AvgIpc) is 3.29. The lowest BCUT2D eigenvalue weighted by atomic mass is 9.93. The summed E-state index contributed by atoms with van der Waals surface area (Å²) in [5, 5.41) is 2.01. The van der Waals surface area contributed by atoms with Gasteiger partial charge in [-0.1, -0.05) is 30.3 Å².